The Bertz CT molecular complexity index is 233. The van der Waals surface area contributed by atoms with Crippen LogP contribution in [0.2, 0.25) is 0 Å². The quantitative estimate of drug-likeness (QED) is 0.444. The van der Waals surface area contributed by atoms with E-state index in [2.05, 4.69) is 0 Å². The third-order valence-electron chi connectivity index (χ3n) is 1.30. The summed E-state index contributed by atoms with van der Waals surface area (Å²) in [4.78, 5) is 30.7. The van der Waals surface area contributed by atoms with Gasteiger partial charge < -0.3 is 25.1 Å². The minimum atomic E-state index is -1.50. The zero-order valence-corrected chi connectivity index (χ0v) is 9.03. The molecule has 0 spiro atoms. The molecule has 0 aromatic heterocycles. The van der Waals surface area contributed by atoms with Crippen LogP contribution in [0, 0.1) is 0 Å². The number of hydrogen-bond acceptors (Lipinski definition) is 5. The van der Waals surface area contributed by atoms with Gasteiger partial charge >= 0.3 is 37.7 Å². The van der Waals surface area contributed by atoms with Crippen LogP contribution in [0.25, 0.3) is 0 Å². The van der Waals surface area contributed by atoms with Crippen molar-refractivity contribution in [3.63, 3.8) is 0 Å². The number of hydrogen-bond donors (Lipinski definition) is 1. The Labute approximate surface area is 111 Å². The molecule has 0 aliphatic carbocycles. The van der Waals surface area contributed by atoms with Gasteiger partial charge in [0.1, 0.15) is 0 Å². The molecule has 0 aliphatic heterocycles. The molecule has 74 valence electrons. The number of carbonyl (C=O) groups excluding carboxylic acids is 3. The van der Waals surface area contributed by atoms with Gasteiger partial charge in [0.2, 0.25) is 5.91 Å². The molecular weight excluding hydrogens is 192 g/mol. The minimum absolute atomic E-state index is 0. The van der Waals surface area contributed by atoms with E-state index in [-0.39, 0.29) is 44.1 Å². The number of carbonyl (C=O) groups is 3. The van der Waals surface area contributed by atoms with Gasteiger partial charge in [0.25, 0.3) is 0 Å². The van der Waals surface area contributed by atoms with Gasteiger partial charge in [-0.2, -0.15) is 0 Å². The number of carboxylic acid groups (broad SMARTS) is 2. The Morgan fingerprint density at radius 3 is 1.93 bits per heavy atom. The summed E-state index contributed by atoms with van der Waals surface area (Å²) in [5.74, 6) is -3.42. The summed E-state index contributed by atoms with van der Waals surface area (Å²) in [6.45, 7) is 1.13. The first-order valence-electron chi connectivity index (χ1n) is 3.61. The van der Waals surface area contributed by atoms with Crippen molar-refractivity contribution in [1.29, 1.82) is 0 Å². The summed E-state index contributed by atoms with van der Waals surface area (Å²) in [6, 6.07) is -1.27. The van der Waals surface area contributed by atoms with E-state index in [1.165, 1.54) is 0 Å². The molecule has 0 aromatic rings. The number of rotatable bonds is 5. The molecule has 0 bridgehead atoms. The first-order valence-corrected chi connectivity index (χ1v) is 3.61. The molecule has 0 heterocycles. The number of carboxylic acids is 2. The Morgan fingerprint density at radius 1 is 1.20 bits per heavy atom. The third kappa shape index (κ3) is 11.5. The van der Waals surface area contributed by atoms with Crippen LogP contribution in [0.3, 0.4) is 0 Å². The van der Waals surface area contributed by atoms with E-state index in [0.717, 1.165) is 6.92 Å². The SMILES string of the molecule is CC(=O)NC(CCC(=O)[O-])C(=O)[O-].[Li+].[Li+]. The maximum Gasteiger partial charge on any atom is 1.00 e. The van der Waals surface area contributed by atoms with Crippen LogP contribution in [0.5, 0.6) is 0 Å². The van der Waals surface area contributed by atoms with Crippen molar-refractivity contribution in [2.75, 3.05) is 0 Å². The Balaban J connectivity index is -0.000000720. The summed E-state index contributed by atoms with van der Waals surface area (Å²) in [5, 5.41) is 22.3. The van der Waals surface area contributed by atoms with Crippen LogP contribution < -0.4 is 53.3 Å². The second-order valence-electron chi connectivity index (χ2n) is 2.48. The number of aliphatic carboxylic acids is 2. The van der Waals surface area contributed by atoms with Gasteiger partial charge in [0.05, 0.1) is 12.0 Å². The van der Waals surface area contributed by atoms with E-state index in [9.17, 15) is 24.6 Å². The molecule has 1 amide bonds. The summed E-state index contributed by atoms with van der Waals surface area (Å²) >= 11 is 0. The van der Waals surface area contributed by atoms with Crippen molar-refractivity contribution >= 4 is 17.8 Å². The van der Waals surface area contributed by atoms with Gasteiger partial charge in [0.15, 0.2) is 0 Å². The Hall–Kier alpha value is -0.395. The maximum absolute atomic E-state index is 10.4. The van der Waals surface area contributed by atoms with Gasteiger partial charge in [-0.3, -0.25) is 4.79 Å². The molecule has 0 aliphatic rings. The molecule has 0 aromatic carbocycles. The van der Waals surface area contributed by atoms with Crippen LogP contribution in [0.1, 0.15) is 19.8 Å². The second kappa shape index (κ2) is 10.1. The summed E-state index contributed by atoms with van der Waals surface area (Å²) < 4.78 is 0. The Morgan fingerprint density at radius 2 is 1.67 bits per heavy atom. The topological polar surface area (TPSA) is 109 Å². The molecule has 1 N–H and O–H groups in total. The van der Waals surface area contributed by atoms with Crippen LogP contribution in [0.15, 0.2) is 0 Å². The molecule has 0 saturated carbocycles. The molecule has 0 rings (SSSR count). The van der Waals surface area contributed by atoms with E-state index in [0.29, 0.717) is 0 Å². The van der Waals surface area contributed by atoms with Crippen LogP contribution in [-0.4, -0.2) is 23.9 Å². The molecule has 0 radical (unpaired) electrons. The molecular formula is C7H9Li2NO5. The van der Waals surface area contributed by atoms with Crippen molar-refractivity contribution < 1.29 is 62.3 Å². The zero-order valence-electron chi connectivity index (χ0n) is 9.03. The van der Waals surface area contributed by atoms with E-state index in [1.807, 2.05) is 5.32 Å². The molecule has 6 nitrogen and oxygen atoms in total. The first kappa shape index (κ1) is 20.1. The Kier molecular flexibility index (Phi) is 13.6. The zero-order chi connectivity index (χ0) is 10.4. The summed E-state index contributed by atoms with van der Waals surface area (Å²) in [7, 11) is 0. The fraction of sp³-hybridized carbons (Fsp3) is 0.571. The van der Waals surface area contributed by atoms with Crippen LogP contribution >= 0.6 is 0 Å². The average molecular weight is 201 g/mol. The predicted octanol–water partition coefficient (Wildman–Crippen LogP) is -9.22. The van der Waals surface area contributed by atoms with Gasteiger partial charge in [0, 0.05) is 12.9 Å². The molecule has 8 heteroatoms. The van der Waals surface area contributed by atoms with Crippen LogP contribution in [-0.2, 0) is 14.4 Å². The van der Waals surface area contributed by atoms with E-state index < -0.39 is 30.3 Å². The molecule has 15 heavy (non-hydrogen) atoms. The first-order chi connectivity index (χ1) is 5.93. The largest absolute Gasteiger partial charge is 1.00 e. The van der Waals surface area contributed by atoms with Crippen molar-refractivity contribution in [3.8, 4) is 0 Å². The smallest absolute Gasteiger partial charge is 0.550 e. The van der Waals surface area contributed by atoms with Gasteiger partial charge in [-0.1, -0.05) is 0 Å². The number of nitrogens with one attached hydrogen (secondary N) is 1. The molecule has 1 atom stereocenters. The van der Waals surface area contributed by atoms with Crippen molar-refractivity contribution in [1.82, 2.24) is 5.32 Å². The minimum Gasteiger partial charge on any atom is -0.550 e. The van der Waals surface area contributed by atoms with E-state index in [4.69, 9.17) is 0 Å². The molecule has 0 fully saturated rings. The van der Waals surface area contributed by atoms with Gasteiger partial charge in [-0.05, 0) is 12.8 Å². The fourth-order valence-electron chi connectivity index (χ4n) is 0.756. The van der Waals surface area contributed by atoms with Crippen molar-refractivity contribution in [2.24, 2.45) is 0 Å². The monoisotopic (exact) mass is 201 g/mol. The second-order valence-corrected chi connectivity index (χ2v) is 2.48. The normalized spacial score (nSPS) is 10.2. The number of amides is 1. The fourth-order valence-corrected chi connectivity index (χ4v) is 0.756. The maximum atomic E-state index is 10.4. The average Bonchev–Trinajstić information content (AvgIpc) is 1.96. The van der Waals surface area contributed by atoms with Crippen molar-refractivity contribution in [3.05, 3.63) is 0 Å². The summed E-state index contributed by atoms with van der Waals surface area (Å²) in [5.41, 5.74) is 0. The van der Waals surface area contributed by atoms with E-state index >= 15 is 0 Å². The molecule has 1 unspecified atom stereocenters. The van der Waals surface area contributed by atoms with Gasteiger partial charge in [-0.25, -0.2) is 0 Å². The van der Waals surface area contributed by atoms with Crippen molar-refractivity contribution in [2.45, 2.75) is 25.8 Å². The molecule has 0 saturated heterocycles. The third-order valence-corrected chi connectivity index (χ3v) is 1.30. The standard InChI is InChI=1S/C7H11NO5.2Li/c1-4(9)8-5(7(12)13)2-3-6(10)11;;/h5H,2-3H2,1H3,(H,8,9)(H,10,11)(H,12,13);;/q;2*+1/p-2. The summed E-state index contributed by atoms with van der Waals surface area (Å²) in [6.07, 6.45) is -0.664. The predicted molar refractivity (Wildman–Crippen MR) is 36.9 cm³/mol. The van der Waals surface area contributed by atoms with E-state index in [1.54, 1.807) is 0 Å². The van der Waals surface area contributed by atoms with Crippen LogP contribution in [0.4, 0.5) is 0 Å². The van der Waals surface area contributed by atoms with Gasteiger partial charge in [-0.15, -0.1) is 0 Å².